The highest BCUT2D eigenvalue weighted by atomic mass is 79.9. The lowest BCUT2D eigenvalue weighted by Gasteiger charge is -2.18. The normalized spacial score (nSPS) is 12.7. The SMILES string of the molecule is CNC(c1cc(Br)ccc1Br)c1ccoc1C. The van der Waals surface area contributed by atoms with Gasteiger partial charge in [0.15, 0.2) is 0 Å². The van der Waals surface area contributed by atoms with E-state index in [1.807, 2.05) is 32.2 Å². The third kappa shape index (κ3) is 2.64. The van der Waals surface area contributed by atoms with E-state index in [1.54, 1.807) is 6.26 Å². The number of halogens is 2. The van der Waals surface area contributed by atoms with Gasteiger partial charge >= 0.3 is 0 Å². The Hall–Kier alpha value is -0.580. The van der Waals surface area contributed by atoms with E-state index in [9.17, 15) is 0 Å². The van der Waals surface area contributed by atoms with Gasteiger partial charge in [-0.25, -0.2) is 0 Å². The van der Waals surface area contributed by atoms with E-state index in [4.69, 9.17) is 4.42 Å². The molecule has 0 amide bonds. The van der Waals surface area contributed by atoms with Gasteiger partial charge in [-0.2, -0.15) is 0 Å². The predicted octanol–water partition coefficient (Wildman–Crippen LogP) is 4.42. The van der Waals surface area contributed by atoms with Gasteiger partial charge in [0.1, 0.15) is 5.76 Å². The minimum atomic E-state index is 0.126. The number of furan rings is 1. The van der Waals surface area contributed by atoms with Crippen LogP contribution in [-0.2, 0) is 0 Å². The Morgan fingerprint density at radius 2 is 1.94 bits per heavy atom. The highest BCUT2D eigenvalue weighted by Gasteiger charge is 2.18. The first kappa shape index (κ1) is 12.9. The van der Waals surface area contributed by atoms with Gasteiger partial charge < -0.3 is 9.73 Å². The van der Waals surface area contributed by atoms with Crippen LogP contribution in [0.25, 0.3) is 0 Å². The number of benzene rings is 1. The molecular formula is C13H13Br2NO. The molecule has 0 bridgehead atoms. The summed E-state index contributed by atoms with van der Waals surface area (Å²) in [6, 6.07) is 8.30. The summed E-state index contributed by atoms with van der Waals surface area (Å²) < 4.78 is 7.52. The van der Waals surface area contributed by atoms with Crippen molar-refractivity contribution in [2.75, 3.05) is 7.05 Å². The van der Waals surface area contributed by atoms with Crippen molar-refractivity contribution in [3.63, 3.8) is 0 Å². The molecule has 0 spiro atoms. The zero-order valence-corrected chi connectivity index (χ0v) is 12.8. The van der Waals surface area contributed by atoms with Gasteiger partial charge in [0, 0.05) is 14.5 Å². The van der Waals surface area contributed by atoms with E-state index >= 15 is 0 Å². The molecule has 0 aliphatic rings. The van der Waals surface area contributed by atoms with Gasteiger partial charge in [0.05, 0.1) is 12.3 Å². The fraction of sp³-hybridized carbons (Fsp3) is 0.231. The van der Waals surface area contributed by atoms with Crippen molar-refractivity contribution >= 4 is 31.9 Å². The topological polar surface area (TPSA) is 25.2 Å². The third-order valence-electron chi connectivity index (χ3n) is 2.77. The summed E-state index contributed by atoms with van der Waals surface area (Å²) in [6.45, 7) is 1.98. The molecule has 1 aromatic carbocycles. The maximum atomic E-state index is 5.37. The fourth-order valence-corrected chi connectivity index (χ4v) is 2.76. The highest BCUT2D eigenvalue weighted by Crippen LogP contribution is 2.32. The van der Waals surface area contributed by atoms with Gasteiger partial charge in [0.25, 0.3) is 0 Å². The average molecular weight is 359 g/mol. The molecule has 4 heteroatoms. The maximum Gasteiger partial charge on any atom is 0.105 e. The Kier molecular flexibility index (Phi) is 4.07. The van der Waals surface area contributed by atoms with Crippen molar-refractivity contribution in [1.82, 2.24) is 5.32 Å². The monoisotopic (exact) mass is 357 g/mol. The van der Waals surface area contributed by atoms with Gasteiger partial charge in [-0.15, -0.1) is 0 Å². The van der Waals surface area contributed by atoms with Crippen molar-refractivity contribution in [3.05, 3.63) is 56.4 Å². The van der Waals surface area contributed by atoms with Gasteiger partial charge in [-0.05, 0) is 43.8 Å². The lowest BCUT2D eigenvalue weighted by atomic mass is 9.99. The summed E-state index contributed by atoms with van der Waals surface area (Å²) in [6.07, 6.45) is 1.72. The second-order valence-corrected chi connectivity index (χ2v) is 5.59. The first-order valence-corrected chi connectivity index (χ1v) is 6.88. The van der Waals surface area contributed by atoms with E-state index in [2.05, 4.69) is 43.2 Å². The first-order valence-electron chi connectivity index (χ1n) is 5.29. The van der Waals surface area contributed by atoms with Crippen LogP contribution in [0.2, 0.25) is 0 Å². The summed E-state index contributed by atoms with van der Waals surface area (Å²) in [7, 11) is 1.95. The van der Waals surface area contributed by atoms with E-state index in [1.165, 1.54) is 5.56 Å². The molecule has 2 rings (SSSR count). The summed E-state index contributed by atoms with van der Waals surface area (Å²) in [4.78, 5) is 0. The Morgan fingerprint density at radius 1 is 1.18 bits per heavy atom. The zero-order valence-electron chi connectivity index (χ0n) is 9.63. The molecule has 1 N–H and O–H groups in total. The Bertz CT molecular complexity index is 522. The van der Waals surface area contributed by atoms with Crippen LogP contribution in [0.15, 0.2) is 43.9 Å². The van der Waals surface area contributed by atoms with Crippen molar-refractivity contribution in [1.29, 1.82) is 0 Å². The van der Waals surface area contributed by atoms with Crippen LogP contribution < -0.4 is 5.32 Å². The van der Waals surface area contributed by atoms with E-state index in [0.29, 0.717) is 0 Å². The molecule has 0 fully saturated rings. The number of hydrogen-bond donors (Lipinski definition) is 1. The molecule has 90 valence electrons. The first-order chi connectivity index (χ1) is 8.13. The third-order valence-corrected chi connectivity index (χ3v) is 3.98. The van der Waals surface area contributed by atoms with Crippen molar-refractivity contribution in [2.45, 2.75) is 13.0 Å². The molecule has 1 aromatic heterocycles. The molecule has 17 heavy (non-hydrogen) atoms. The maximum absolute atomic E-state index is 5.37. The molecule has 2 nitrogen and oxygen atoms in total. The number of rotatable bonds is 3. The number of hydrogen-bond acceptors (Lipinski definition) is 2. The number of aryl methyl sites for hydroxylation is 1. The summed E-state index contributed by atoms with van der Waals surface area (Å²) in [5.74, 6) is 0.941. The van der Waals surface area contributed by atoms with Crippen molar-refractivity contribution in [2.24, 2.45) is 0 Å². The lowest BCUT2D eigenvalue weighted by molar-refractivity contribution is 0.523. The van der Waals surface area contributed by atoms with Crippen LogP contribution in [0.4, 0.5) is 0 Å². The molecule has 0 saturated heterocycles. The molecule has 1 atom stereocenters. The minimum Gasteiger partial charge on any atom is -0.469 e. The Labute approximate surface area is 118 Å². The van der Waals surface area contributed by atoms with E-state index in [-0.39, 0.29) is 6.04 Å². The van der Waals surface area contributed by atoms with Gasteiger partial charge in [-0.1, -0.05) is 31.9 Å². The molecule has 0 saturated carbocycles. The molecule has 1 unspecified atom stereocenters. The standard InChI is InChI=1S/C13H13Br2NO/c1-8-10(5-6-17-8)13(16-2)11-7-9(14)3-4-12(11)15/h3-7,13,16H,1-2H3. The Balaban J connectivity index is 2.49. The smallest absolute Gasteiger partial charge is 0.105 e. The summed E-state index contributed by atoms with van der Waals surface area (Å²) in [5, 5.41) is 3.32. The summed E-state index contributed by atoms with van der Waals surface area (Å²) >= 11 is 7.09. The van der Waals surface area contributed by atoms with Crippen LogP contribution in [0.5, 0.6) is 0 Å². The minimum absolute atomic E-state index is 0.126. The van der Waals surface area contributed by atoms with Crippen molar-refractivity contribution in [3.8, 4) is 0 Å². The molecule has 0 radical (unpaired) electrons. The largest absolute Gasteiger partial charge is 0.469 e. The Morgan fingerprint density at radius 3 is 2.53 bits per heavy atom. The quantitative estimate of drug-likeness (QED) is 0.878. The highest BCUT2D eigenvalue weighted by molar-refractivity contribution is 9.11. The zero-order chi connectivity index (χ0) is 12.4. The van der Waals surface area contributed by atoms with Crippen LogP contribution in [0.3, 0.4) is 0 Å². The lowest BCUT2D eigenvalue weighted by Crippen LogP contribution is -2.18. The van der Waals surface area contributed by atoms with Gasteiger partial charge in [-0.3, -0.25) is 0 Å². The molecule has 1 heterocycles. The van der Waals surface area contributed by atoms with Crippen molar-refractivity contribution < 1.29 is 4.42 Å². The fourth-order valence-electron chi connectivity index (χ4n) is 1.91. The van der Waals surface area contributed by atoms with E-state index < -0.39 is 0 Å². The van der Waals surface area contributed by atoms with E-state index in [0.717, 1.165) is 20.3 Å². The molecule has 0 aliphatic carbocycles. The van der Waals surface area contributed by atoms with Crippen LogP contribution >= 0.6 is 31.9 Å². The predicted molar refractivity (Wildman–Crippen MR) is 76.2 cm³/mol. The molecule has 0 aliphatic heterocycles. The average Bonchev–Trinajstić information content (AvgIpc) is 2.71. The van der Waals surface area contributed by atoms with Crippen LogP contribution in [-0.4, -0.2) is 7.05 Å². The van der Waals surface area contributed by atoms with Crippen LogP contribution in [0.1, 0.15) is 22.9 Å². The van der Waals surface area contributed by atoms with Gasteiger partial charge in [0.2, 0.25) is 0 Å². The summed E-state index contributed by atoms with van der Waals surface area (Å²) in [5.41, 5.74) is 2.35. The molecule has 2 aromatic rings. The second-order valence-electron chi connectivity index (χ2n) is 3.82. The number of nitrogens with one attached hydrogen (secondary N) is 1. The van der Waals surface area contributed by atoms with Crippen LogP contribution in [0, 0.1) is 6.92 Å². The second kappa shape index (κ2) is 5.38. The molecular weight excluding hydrogens is 346 g/mol.